The Morgan fingerprint density at radius 3 is 1.05 bits per heavy atom. The molecule has 0 radical (unpaired) electrons. The van der Waals surface area contributed by atoms with Crippen LogP contribution in [-0.4, -0.2) is 23.4 Å². The van der Waals surface area contributed by atoms with Crippen LogP contribution in [0.4, 0.5) is 0 Å². The first-order chi connectivity index (χ1) is 8.91. The molecule has 0 rings (SSSR count). The van der Waals surface area contributed by atoms with Crippen molar-refractivity contribution in [2.24, 2.45) is 11.5 Å². The highest BCUT2D eigenvalue weighted by Crippen LogP contribution is 1.85. The molecule has 4 N–H and O–H groups in total. The summed E-state index contributed by atoms with van der Waals surface area (Å²) in [6.07, 6.45) is 2.74. The third kappa shape index (κ3) is 103. The number of carbonyl (C=O) groups excluding carboxylic acids is 4. The molecule has 6 heteroatoms. The number of Topliss-reactive ketones (excluding diaryl/α,β-unsaturated/α-hetero) is 2. The fourth-order valence-electron chi connectivity index (χ4n) is 0.142. The zero-order valence-electron chi connectivity index (χ0n) is 13.1. The molecule has 0 unspecified atom stereocenters. The average Bonchev–Trinajstić information content (AvgIpc) is 2.27. The van der Waals surface area contributed by atoms with E-state index in [9.17, 15) is 19.2 Å². The van der Waals surface area contributed by atoms with Crippen LogP contribution in [0.3, 0.4) is 0 Å². The first-order valence-corrected chi connectivity index (χ1v) is 5.71. The Morgan fingerprint density at radius 1 is 0.850 bits per heavy atom. The van der Waals surface area contributed by atoms with Gasteiger partial charge in [-0.2, -0.15) is 0 Å². The van der Waals surface area contributed by atoms with Gasteiger partial charge < -0.3 is 21.1 Å². The van der Waals surface area contributed by atoms with Gasteiger partial charge in [0.2, 0.25) is 11.8 Å². The molecular weight excluding hydrogens is 260 g/mol. The lowest BCUT2D eigenvalue weighted by Crippen LogP contribution is -2.10. The van der Waals surface area contributed by atoms with Crippen molar-refractivity contribution in [3.63, 3.8) is 0 Å². The summed E-state index contributed by atoms with van der Waals surface area (Å²) in [5.41, 5.74) is 9.99. The van der Waals surface area contributed by atoms with Crippen LogP contribution in [0.5, 0.6) is 0 Å². The first kappa shape index (κ1) is 26.3. The SMILES string of the molecule is C/C=C(\C)C(N)=O.C=CC(N)=O.CC(C)=O.CC(C)=O. The summed E-state index contributed by atoms with van der Waals surface area (Å²) in [6.45, 7) is 12.7. The maximum absolute atomic E-state index is 10.1. The third-order valence-electron chi connectivity index (χ3n) is 1.02. The Kier molecular flexibility index (Phi) is 25.2. The third-order valence-corrected chi connectivity index (χ3v) is 1.02. The van der Waals surface area contributed by atoms with Gasteiger partial charge in [-0.25, -0.2) is 0 Å². The van der Waals surface area contributed by atoms with Crippen molar-refractivity contribution in [3.8, 4) is 0 Å². The van der Waals surface area contributed by atoms with Crippen LogP contribution in [0.1, 0.15) is 41.5 Å². The van der Waals surface area contributed by atoms with E-state index in [1.54, 1.807) is 19.9 Å². The van der Waals surface area contributed by atoms with Gasteiger partial charge in [0.05, 0.1) is 0 Å². The fraction of sp³-hybridized carbons (Fsp3) is 0.429. The highest BCUT2D eigenvalue weighted by molar-refractivity contribution is 5.91. The van der Waals surface area contributed by atoms with E-state index >= 15 is 0 Å². The zero-order chi connectivity index (χ0) is 17.3. The summed E-state index contributed by atoms with van der Waals surface area (Å²) in [7, 11) is 0. The van der Waals surface area contributed by atoms with Gasteiger partial charge >= 0.3 is 0 Å². The second kappa shape index (κ2) is 19.1. The monoisotopic (exact) mass is 286 g/mol. The number of ketones is 2. The molecule has 0 saturated carbocycles. The molecule has 0 aliphatic rings. The number of primary amides is 2. The minimum Gasteiger partial charge on any atom is -0.366 e. The molecule has 20 heavy (non-hydrogen) atoms. The number of hydrogen-bond acceptors (Lipinski definition) is 4. The summed E-state index contributed by atoms with van der Waals surface area (Å²) in [5, 5.41) is 0. The van der Waals surface area contributed by atoms with Crippen molar-refractivity contribution in [3.05, 3.63) is 24.3 Å². The van der Waals surface area contributed by atoms with Crippen LogP contribution in [0.2, 0.25) is 0 Å². The van der Waals surface area contributed by atoms with Crippen LogP contribution in [-0.2, 0) is 19.2 Å². The molecule has 0 aliphatic carbocycles. The molecule has 116 valence electrons. The highest BCUT2D eigenvalue weighted by atomic mass is 16.1. The van der Waals surface area contributed by atoms with Gasteiger partial charge in [-0.1, -0.05) is 12.7 Å². The number of hydrogen-bond donors (Lipinski definition) is 2. The predicted molar refractivity (Wildman–Crippen MR) is 80.7 cm³/mol. The van der Waals surface area contributed by atoms with Crippen molar-refractivity contribution in [1.29, 1.82) is 0 Å². The fourth-order valence-corrected chi connectivity index (χ4v) is 0.142. The maximum Gasteiger partial charge on any atom is 0.243 e. The van der Waals surface area contributed by atoms with Gasteiger partial charge in [-0.3, -0.25) is 9.59 Å². The van der Waals surface area contributed by atoms with E-state index in [4.69, 9.17) is 5.73 Å². The summed E-state index contributed by atoms with van der Waals surface area (Å²) < 4.78 is 0. The molecule has 0 aromatic heterocycles. The van der Waals surface area contributed by atoms with Gasteiger partial charge in [-0.15, -0.1) is 0 Å². The normalized spacial score (nSPS) is 8.20. The number of nitrogens with two attached hydrogens (primary N) is 2. The molecule has 0 aliphatic heterocycles. The summed E-state index contributed by atoms with van der Waals surface area (Å²) in [4.78, 5) is 38.4. The van der Waals surface area contributed by atoms with E-state index in [2.05, 4.69) is 12.3 Å². The quantitative estimate of drug-likeness (QED) is 0.743. The highest BCUT2D eigenvalue weighted by Gasteiger charge is 1.90. The van der Waals surface area contributed by atoms with Crippen LogP contribution in [0.25, 0.3) is 0 Å². The van der Waals surface area contributed by atoms with Gasteiger partial charge in [0.15, 0.2) is 0 Å². The molecule has 0 saturated heterocycles. The Morgan fingerprint density at radius 2 is 1.05 bits per heavy atom. The summed E-state index contributed by atoms with van der Waals surface area (Å²) >= 11 is 0. The van der Waals surface area contributed by atoms with Crippen molar-refractivity contribution >= 4 is 23.4 Å². The first-order valence-electron chi connectivity index (χ1n) is 5.71. The second-order valence-corrected chi connectivity index (χ2v) is 3.76. The molecule has 0 aromatic carbocycles. The number of allylic oxidation sites excluding steroid dienone is 1. The van der Waals surface area contributed by atoms with E-state index in [1.807, 2.05) is 0 Å². The molecular formula is C14H26N2O4. The minimum absolute atomic E-state index is 0.167. The zero-order valence-corrected chi connectivity index (χ0v) is 13.1. The Balaban J connectivity index is -0.0000000883. The minimum atomic E-state index is -0.481. The number of amides is 2. The van der Waals surface area contributed by atoms with Crippen LogP contribution in [0.15, 0.2) is 24.3 Å². The molecule has 2 amide bonds. The smallest absolute Gasteiger partial charge is 0.243 e. The lowest BCUT2D eigenvalue weighted by molar-refractivity contribution is -0.115. The molecule has 0 spiro atoms. The summed E-state index contributed by atoms with van der Waals surface area (Å²) in [5.74, 6) is -0.493. The van der Waals surface area contributed by atoms with E-state index in [1.165, 1.54) is 27.7 Å². The summed E-state index contributed by atoms with van der Waals surface area (Å²) in [6, 6.07) is 0. The van der Waals surface area contributed by atoms with E-state index in [-0.39, 0.29) is 17.5 Å². The van der Waals surface area contributed by atoms with Gasteiger partial charge in [0.1, 0.15) is 11.6 Å². The molecule has 0 aromatic rings. The Bertz CT molecular complexity index is 338. The van der Waals surface area contributed by atoms with E-state index in [0.29, 0.717) is 5.57 Å². The molecule has 0 fully saturated rings. The molecule has 0 heterocycles. The lowest BCUT2D eigenvalue weighted by atomic mass is 10.3. The van der Waals surface area contributed by atoms with Gasteiger partial charge in [0.25, 0.3) is 0 Å². The standard InChI is InChI=1S/C5H9NO.C3H5NO.2C3H6O/c1-3-4(2)5(6)7;1-2-3(4)5;2*1-3(2)4/h3H,1-2H3,(H2,6,7);2H,1H2,(H2,4,5);2*1-2H3/b4-3+;;;. The average molecular weight is 286 g/mol. The van der Waals surface area contributed by atoms with Gasteiger partial charge in [-0.05, 0) is 47.6 Å². The van der Waals surface area contributed by atoms with Gasteiger partial charge in [0, 0.05) is 5.57 Å². The van der Waals surface area contributed by atoms with Crippen molar-refractivity contribution in [2.45, 2.75) is 41.5 Å². The maximum atomic E-state index is 10.1. The number of carbonyl (C=O) groups is 4. The van der Waals surface area contributed by atoms with E-state index < -0.39 is 5.91 Å². The molecule has 0 bridgehead atoms. The Labute approximate surface area is 120 Å². The molecule has 6 nitrogen and oxygen atoms in total. The Hall–Kier alpha value is -2.24. The van der Waals surface area contributed by atoms with Crippen molar-refractivity contribution < 1.29 is 19.2 Å². The van der Waals surface area contributed by atoms with E-state index in [0.717, 1.165) is 6.08 Å². The largest absolute Gasteiger partial charge is 0.366 e. The number of rotatable bonds is 2. The molecule has 0 atom stereocenters. The topological polar surface area (TPSA) is 120 Å². The van der Waals surface area contributed by atoms with Crippen molar-refractivity contribution in [1.82, 2.24) is 0 Å². The van der Waals surface area contributed by atoms with Crippen LogP contribution >= 0.6 is 0 Å². The van der Waals surface area contributed by atoms with Crippen LogP contribution < -0.4 is 11.5 Å². The second-order valence-electron chi connectivity index (χ2n) is 3.76. The lowest BCUT2D eigenvalue weighted by Gasteiger charge is -1.85. The van der Waals surface area contributed by atoms with Crippen molar-refractivity contribution in [2.75, 3.05) is 0 Å². The predicted octanol–water partition coefficient (Wildman–Crippen LogP) is 1.29. The van der Waals surface area contributed by atoms with Crippen LogP contribution in [0, 0.1) is 0 Å².